The Morgan fingerprint density at radius 2 is 0.700 bits per heavy atom. The largest absolute Gasteiger partial charge is 0.350 e. The molecule has 0 unspecified atom stereocenters. The maximum atomic E-state index is 2.47. The third-order valence-corrected chi connectivity index (χ3v) is 11.8. The maximum Gasteiger partial charge on any atom is 0.0487 e. The molecule has 0 N–H and O–H groups in total. The van der Waals surface area contributed by atoms with Crippen molar-refractivity contribution in [2.24, 2.45) is 14.1 Å². The average molecular weight is 671 g/mol. The third kappa shape index (κ3) is 8.78. The van der Waals surface area contributed by atoms with Crippen LogP contribution in [0.15, 0.2) is 60.9 Å². The molecular formula is C48H66N2. The van der Waals surface area contributed by atoms with Gasteiger partial charge in [0.2, 0.25) is 0 Å². The van der Waals surface area contributed by atoms with Crippen molar-refractivity contribution in [2.45, 2.75) is 155 Å². The summed E-state index contributed by atoms with van der Waals surface area (Å²) in [5.74, 6) is 0. The van der Waals surface area contributed by atoms with E-state index in [0.29, 0.717) is 0 Å². The van der Waals surface area contributed by atoms with Crippen LogP contribution in [0, 0.1) is 0 Å². The standard InChI is InChI=1S/C48H66N2/c1-5-7-9-11-13-15-17-19-21-23-25-39-35-49(3)47-33-43-37(31-45(39)47)27-29-42-41(43)30-28-38-32-46-40(36-50(4)48(46)34-44(38)42)26-24-22-20-18-16-14-12-10-8-6-2/h27-36H,5-26H2,1-4H3. The van der Waals surface area contributed by atoms with Gasteiger partial charge in [-0.1, -0.05) is 154 Å². The summed E-state index contributed by atoms with van der Waals surface area (Å²) in [4.78, 5) is 0. The Morgan fingerprint density at radius 3 is 1.06 bits per heavy atom. The molecule has 0 fully saturated rings. The molecule has 2 aromatic heterocycles. The minimum absolute atomic E-state index is 1.19. The summed E-state index contributed by atoms with van der Waals surface area (Å²) in [6.45, 7) is 4.60. The molecule has 2 heterocycles. The summed E-state index contributed by atoms with van der Waals surface area (Å²) in [7, 11) is 4.46. The van der Waals surface area contributed by atoms with Crippen LogP contribution in [0.3, 0.4) is 0 Å². The zero-order valence-electron chi connectivity index (χ0n) is 32.2. The van der Waals surface area contributed by atoms with E-state index in [2.05, 4.69) is 98.0 Å². The molecular weight excluding hydrogens is 605 g/mol. The summed E-state index contributed by atoms with van der Waals surface area (Å²) >= 11 is 0. The highest BCUT2D eigenvalue weighted by Gasteiger charge is 2.14. The quantitative estimate of drug-likeness (QED) is 0.0502. The fourth-order valence-corrected chi connectivity index (χ4v) is 8.80. The number of nitrogens with zero attached hydrogens (tertiary/aromatic N) is 2. The van der Waals surface area contributed by atoms with Crippen molar-refractivity contribution in [3.63, 3.8) is 0 Å². The fourth-order valence-electron chi connectivity index (χ4n) is 8.80. The van der Waals surface area contributed by atoms with E-state index in [9.17, 15) is 0 Å². The molecule has 6 rings (SSSR count). The van der Waals surface area contributed by atoms with Crippen LogP contribution in [0.1, 0.15) is 153 Å². The van der Waals surface area contributed by atoms with Crippen LogP contribution in [0.25, 0.3) is 54.1 Å². The van der Waals surface area contributed by atoms with Crippen LogP contribution in [-0.2, 0) is 26.9 Å². The normalized spacial score (nSPS) is 12.2. The molecule has 0 aliphatic rings. The topological polar surface area (TPSA) is 9.86 Å². The maximum absolute atomic E-state index is 2.47. The number of aromatic nitrogens is 2. The smallest absolute Gasteiger partial charge is 0.0487 e. The number of benzene rings is 4. The van der Waals surface area contributed by atoms with Crippen LogP contribution in [0.5, 0.6) is 0 Å². The predicted molar refractivity (Wildman–Crippen MR) is 223 cm³/mol. The van der Waals surface area contributed by atoms with Gasteiger partial charge in [-0.3, -0.25) is 0 Å². The van der Waals surface area contributed by atoms with Gasteiger partial charge in [0, 0.05) is 48.3 Å². The molecule has 268 valence electrons. The third-order valence-electron chi connectivity index (χ3n) is 11.8. The van der Waals surface area contributed by atoms with Crippen molar-refractivity contribution >= 4 is 54.1 Å². The molecule has 0 amide bonds. The van der Waals surface area contributed by atoms with Crippen LogP contribution in [-0.4, -0.2) is 9.13 Å². The molecule has 0 saturated heterocycles. The van der Waals surface area contributed by atoms with Crippen molar-refractivity contribution in [1.29, 1.82) is 0 Å². The Hall–Kier alpha value is -3.26. The monoisotopic (exact) mass is 671 g/mol. The minimum Gasteiger partial charge on any atom is -0.350 e. The highest BCUT2D eigenvalue weighted by molar-refractivity contribution is 6.20. The van der Waals surface area contributed by atoms with Gasteiger partial charge in [0.15, 0.2) is 0 Å². The van der Waals surface area contributed by atoms with E-state index in [-0.39, 0.29) is 0 Å². The minimum atomic E-state index is 1.19. The molecule has 0 saturated carbocycles. The highest BCUT2D eigenvalue weighted by Crippen LogP contribution is 2.37. The van der Waals surface area contributed by atoms with E-state index in [4.69, 9.17) is 0 Å². The number of hydrogen-bond acceptors (Lipinski definition) is 0. The summed E-state index contributed by atoms with van der Waals surface area (Å²) in [6, 6.07) is 19.4. The van der Waals surface area contributed by atoms with Gasteiger partial charge in [0.1, 0.15) is 0 Å². The van der Waals surface area contributed by atoms with E-state index in [1.165, 1.54) is 207 Å². The van der Waals surface area contributed by atoms with Crippen LogP contribution in [0.2, 0.25) is 0 Å². The van der Waals surface area contributed by atoms with Crippen molar-refractivity contribution in [3.05, 3.63) is 72.1 Å². The lowest BCUT2D eigenvalue weighted by atomic mass is 9.94. The van der Waals surface area contributed by atoms with Gasteiger partial charge in [-0.15, -0.1) is 0 Å². The molecule has 0 atom stereocenters. The number of fused-ring (bicyclic) bond motifs is 7. The van der Waals surface area contributed by atoms with Gasteiger partial charge in [0.05, 0.1) is 0 Å². The second-order valence-electron chi connectivity index (χ2n) is 15.8. The van der Waals surface area contributed by atoms with Crippen molar-refractivity contribution in [2.75, 3.05) is 0 Å². The first-order valence-corrected chi connectivity index (χ1v) is 20.9. The molecule has 50 heavy (non-hydrogen) atoms. The van der Waals surface area contributed by atoms with Crippen molar-refractivity contribution in [3.8, 4) is 0 Å². The van der Waals surface area contributed by atoms with Crippen LogP contribution in [0.4, 0.5) is 0 Å². The van der Waals surface area contributed by atoms with E-state index in [1.807, 2.05) is 0 Å². The van der Waals surface area contributed by atoms with Crippen molar-refractivity contribution < 1.29 is 0 Å². The zero-order chi connectivity index (χ0) is 34.7. The Morgan fingerprint density at radius 1 is 0.360 bits per heavy atom. The lowest BCUT2D eigenvalue weighted by molar-refractivity contribution is 0.556. The molecule has 4 aromatic carbocycles. The summed E-state index contributed by atoms with van der Waals surface area (Å²) in [5.41, 5.74) is 5.76. The number of aryl methyl sites for hydroxylation is 4. The summed E-state index contributed by atoms with van der Waals surface area (Å²) < 4.78 is 4.73. The lowest BCUT2D eigenvalue weighted by Crippen LogP contribution is -1.87. The molecule has 6 aromatic rings. The predicted octanol–water partition coefficient (Wildman–Crippen LogP) is 15.1. The molecule has 2 heteroatoms. The number of rotatable bonds is 22. The van der Waals surface area contributed by atoms with Gasteiger partial charge in [-0.05, 0) is 93.4 Å². The number of unbranched alkanes of at least 4 members (excludes halogenated alkanes) is 18. The van der Waals surface area contributed by atoms with E-state index in [0.717, 1.165) is 0 Å². The Kier molecular flexibility index (Phi) is 13.4. The van der Waals surface area contributed by atoms with Crippen molar-refractivity contribution in [1.82, 2.24) is 9.13 Å². The first kappa shape index (κ1) is 36.5. The molecule has 2 nitrogen and oxygen atoms in total. The first-order valence-electron chi connectivity index (χ1n) is 20.9. The van der Waals surface area contributed by atoms with Crippen LogP contribution < -0.4 is 0 Å². The van der Waals surface area contributed by atoms with E-state index < -0.39 is 0 Å². The zero-order valence-corrected chi connectivity index (χ0v) is 32.2. The van der Waals surface area contributed by atoms with E-state index in [1.54, 1.807) is 0 Å². The average Bonchev–Trinajstić information content (AvgIpc) is 3.61. The fraction of sp³-hybridized carbons (Fsp3) is 0.542. The number of hydrogen-bond donors (Lipinski definition) is 0. The van der Waals surface area contributed by atoms with Gasteiger partial charge in [0.25, 0.3) is 0 Å². The summed E-state index contributed by atoms with van der Waals surface area (Å²) in [5, 5.41) is 11.1. The second-order valence-corrected chi connectivity index (χ2v) is 15.8. The highest BCUT2D eigenvalue weighted by atomic mass is 14.9. The lowest BCUT2D eigenvalue weighted by Gasteiger charge is -2.10. The van der Waals surface area contributed by atoms with Gasteiger partial charge in [-0.2, -0.15) is 0 Å². The van der Waals surface area contributed by atoms with Gasteiger partial charge >= 0.3 is 0 Å². The Labute approximate surface area is 303 Å². The second kappa shape index (κ2) is 18.3. The van der Waals surface area contributed by atoms with Gasteiger partial charge < -0.3 is 9.13 Å². The SMILES string of the molecule is CCCCCCCCCCCCc1cn(C)c2cc3c(ccc4c5cc6c(cc5ccc34)c(CCCCCCCCCCCC)cn6C)cc12. The summed E-state index contributed by atoms with van der Waals surface area (Å²) in [6.07, 6.45) is 35.0. The van der Waals surface area contributed by atoms with Gasteiger partial charge in [-0.25, -0.2) is 0 Å². The van der Waals surface area contributed by atoms with Crippen LogP contribution >= 0.6 is 0 Å². The Balaban J connectivity index is 1.12. The molecule has 0 spiro atoms. The first-order chi connectivity index (χ1) is 24.6. The molecule has 0 aliphatic carbocycles. The Bertz CT molecular complexity index is 1820. The molecule has 0 bridgehead atoms. The molecule has 0 aliphatic heterocycles. The molecule has 0 radical (unpaired) electrons. The van der Waals surface area contributed by atoms with E-state index >= 15 is 0 Å².